The van der Waals surface area contributed by atoms with Crippen LogP contribution in [0.15, 0.2) is 58.2 Å². The molecule has 36 heavy (non-hydrogen) atoms. The monoisotopic (exact) mass is 514 g/mol. The highest BCUT2D eigenvalue weighted by Gasteiger charge is 2.29. The maximum absolute atomic E-state index is 12.9. The van der Waals surface area contributed by atoms with Crippen LogP contribution in [-0.4, -0.2) is 58.8 Å². The minimum absolute atomic E-state index is 0.0314. The summed E-state index contributed by atoms with van der Waals surface area (Å²) in [7, 11) is -2.15. The number of amides is 1. The quantitative estimate of drug-likeness (QED) is 0.458. The molecule has 1 aromatic heterocycles. The van der Waals surface area contributed by atoms with E-state index in [4.69, 9.17) is 4.74 Å². The molecule has 1 amide bonds. The first-order chi connectivity index (χ1) is 17.1. The molecule has 1 aliphatic rings. The summed E-state index contributed by atoms with van der Waals surface area (Å²) >= 11 is 0. The van der Waals surface area contributed by atoms with Crippen LogP contribution >= 0.6 is 0 Å². The lowest BCUT2D eigenvalue weighted by Gasteiger charge is -2.16. The molecule has 2 heterocycles. The summed E-state index contributed by atoms with van der Waals surface area (Å²) in [6.45, 7) is 1.68. The Balaban J connectivity index is 1.47. The highest BCUT2D eigenvalue weighted by Crippen LogP contribution is 2.26. The van der Waals surface area contributed by atoms with Gasteiger partial charge in [0, 0.05) is 20.1 Å². The van der Waals surface area contributed by atoms with Gasteiger partial charge in [-0.25, -0.2) is 17.9 Å². The molecule has 0 atom stereocenters. The van der Waals surface area contributed by atoms with Crippen LogP contribution in [0.2, 0.25) is 0 Å². The Labute approximate surface area is 207 Å². The van der Waals surface area contributed by atoms with Crippen LogP contribution in [0.25, 0.3) is 5.69 Å². The Bertz CT molecular complexity index is 1470. The molecule has 0 unspecified atom stereocenters. The number of nitrogens with zero attached hydrogens (tertiary/aromatic N) is 3. The summed E-state index contributed by atoms with van der Waals surface area (Å²) in [5, 5.41) is 12.6. The van der Waals surface area contributed by atoms with E-state index in [0.29, 0.717) is 24.5 Å². The third kappa shape index (κ3) is 4.77. The number of aromatic nitrogens is 2. The van der Waals surface area contributed by atoms with Crippen LogP contribution in [0.4, 0.5) is 5.69 Å². The van der Waals surface area contributed by atoms with Gasteiger partial charge in [-0.05, 0) is 50.1 Å². The lowest BCUT2D eigenvalue weighted by molar-refractivity contribution is -0.119. The van der Waals surface area contributed by atoms with Crippen molar-refractivity contribution in [2.45, 2.75) is 24.7 Å². The molecule has 2 N–H and O–H groups in total. The van der Waals surface area contributed by atoms with E-state index in [0.717, 1.165) is 25.0 Å². The number of aromatic hydroxyl groups is 1. The summed E-state index contributed by atoms with van der Waals surface area (Å²) in [5.41, 5.74) is 0.285. The SMILES string of the molecule is Cc1c(NC(=O)COC(=O)c2cc(S(=O)(=O)N3CCCC3)ccc2O)c(=O)n(-c2ccccc2)n1C. The predicted molar refractivity (Wildman–Crippen MR) is 131 cm³/mol. The first-order valence-corrected chi connectivity index (χ1v) is 12.7. The van der Waals surface area contributed by atoms with Crippen LogP contribution in [0.3, 0.4) is 0 Å². The van der Waals surface area contributed by atoms with E-state index in [1.807, 2.05) is 6.07 Å². The van der Waals surface area contributed by atoms with Crippen molar-refractivity contribution in [3.05, 3.63) is 70.1 Å². The van der Waals surface area contributed by atoms with Crippen molar-refractivity contribution in [1.82, 2.24) is 13.7 Å². The number of hydrogen-bond acceptors (Lipinski definition) is 7. The van der Waals surface area contributed by atoms with Gasteiger partial charge in [0.05, 0.1) is 16.3 Å². The lowest BCUT2D eigenvalue weighted by Crippen LogP contribution is -2.28. The Kier molecular flexibility index (Phi) is 7.00. The second kappa shape index (κ2) is 9.99. The van der Waals surface area contributed by atoms with Crippen LogP contribution in [0.5, 0.6) is 5.75 Å². The number of ether oxygens (including phenoxy) is 1. The smallest absolute Gasteiger partial charge is 0.342 e. The van der Waals surface area contributed by atoms with Crippen molar-refractivity contribution < 1.29 is 27.9 Å². The molecule has 2 aromatic carbocycles. The zero-order chi connectivity index (χ0) is 26.0. The Morgan fingerprint density at radius 3 is 2.42 bits per heavy atom. The summed E-state index contributed by atoms with van der Waals surface area (Å²) in [6.07, 6.45) is 1.50. The Morgan fingerprint density at radius 2 is 1.75 bits per heavy atom. The molecule has 0 spiro atoms. The number of phenolic OH excluding ortho intramolecular Hbond substituents is 1. The van der Waals surface area contributed by atoms with Crippen molar-refractivity contribution in [3.8, 4) is 11.4 Å². The number of rotatable bonds is 7. The van der Waals surface area contributed by atoms with Crippen molar-refractivity contribution in [1.29, 1.82) is 0 Å². The Hall–Kier alpha value is -3.90. The van der Waals surface area contributed by atoms with Crippen LogP contribution in [0, 0.1) is 6.92 Å². The molecular formula is C24H26N4O7S. The fourth-order valence-corrected chi connectivity index (χ4v) is 5.56. The highest BCUT2D eigenvalue weighted by atomic mass is 32.2. The zero-order valence-corrected chi connectivity index (χ0v) is 20.6. The van der Waals surface area contributed by atoms with Crippen molar-refractivity contribution in [2.75, 3.05) is 25.0 Å². The van der Waals surface area contributed by atoms with E-state index in [-0.39, 0.29) is 16.1 Å². The standard InChI is InChI=1S/C24H26N4O7S/c1-16-22(23(31)28(26(16)2)17-8-4-3-5-9-17)25-21(30)15-35-24(32)19-14-18(10-11-20(19)29)36(33,34)27-12-6-7-13-27/h3-5,8-11,14,29H,6-7,12-13,15H2,1-2H3,(H,25,30). The van der Waals surface area contributed by atoms with E-state index in [2.05, 4.69) is 5.32 Å². The first-order valence-electron chi connectivity index (χ1n) is 11.3. The molecule has 12 heteroatoms. The maximum atomic E-state index is 12.9. The van der Waals surface area contributed by atoms with Gasteiger partial charge in [-0.3, -0.25) is 14.3 Å². The fourth-order valence-electron chi connectivity index (χ4n) is 4.01. The van der Waals surface area contributed by atoms with Crippen molar-refractivity contribution >= 4 is 27.6 Å². The number of anilines is 1. The third-order valence-electron chi connectivity index (χ3n) is 6.04. The molecule has 0 bridgehead atoms. The number of carbonyl (C=O) groups excluding carboxylic acids is 2. The van der Waals surface area contributed by atoms with E-state index >= 15 is 0 Å². The third-order valence-corrected chi connectivity index (χ3v) is 7.94. The van der Waals surface area contributed by atoms with Crippen LogP contribution in [0.1, 0.15) is 28.9 Å². The minimum Gasteiger partial charge on any atom is -0.507 e. The van der Waals surface area contributed by atoms with Gasteiger partial charge < -0.3 is 15.2 Å². The maximum Gasteiger partial charge on any atom is 0.342 e. The largest absolute Gasteiger partial charge is 0.507 e. The molecule has 1 fully saturated rings. The molecule has 0 radical (unpaired) electrons. The minimum atomic E-state index is -3.82. The van der Waals surface area contributed by atoms with E-state index in [1.54, 1.807) is 42.9 Å². The lowest BCUT2D eigenvalue weighted by atomic mass is 10.2. The summed E-state index contributed by atoms with van der Waals surface area (Å²) < 4.78 is 34.9. The van der Waals surface area contributed by atoms with Crippen LogP contribution < -0.4 is 10.9 Å². The number of sulfonamides is 1. The van der Waals surface area contributed by atoms with Gasteiger partial charge >= 0.3 is 5.97 Å². The van der Waals surface area contributed by atoms with Crippen molar-refractivity contribution in [2.24, 2.45) is 7.05 Å². The molecular weight excluding hydrogens is 488 g/mol. The average molecular weight is 515 g/mol. The number of para-hydroxylation sites is 1. The number of phenols is 1. The summed E-state index contributed by atoms with van der Waals surface area (Å²) in [5.74, 6) is -2.33. The summed E-state index contributed by atoms with van der Waals surface area (Å²) in [4.78, 5) is 37.8. The first kappa shape index (κ1) is 25.2. The molecule has 0 saturated carbocycles. The van der Waals surface area contributed by atoms with Gasteiger partial charge in [0.15, 0.2) is 6.61 Å². The van der Waals surface area contributed by atoms with Crippen LogP contribution in [-0.2, 0) is 26.6 Å². The topological polar surface area (TPSA) is 140 Å². The van der Waals surface area contributed by atoms with Gasteiger partial charge in [0.25, 0.3) is 11.5 Å². The van der Waals surface area contributed by atoms with Gasteiger partial charge in [-0.2, -0.15) is 4.31 Å². The molecule has 1 aliphatic heterocycles. The van der Waals surface area contributed by atoms with Gasteiger partial charge in [0.2, 0.25) is 10.0 Å². The molecule has 1 saturated heterocycles. The van der Waals surface area contributed by atoms with Gasteiger partial charge in [-0.15, -0.1) is 0 Å². The Morgan fingerprint density at radius 1 is 1.08 bits per heavy atom. The zero-order valence-electron chi connectivity index (χ0n) is 19.8. The highest BCUT2D eigenvalue weighted by molar-refractivity contribution is 7.89. The normalized spacial score (nSPS) is 14.1. The second-order valence-corrected chi connectivity index (χ2v) is 10.3. The van der Waals surface area contributed by atoms with Gasteiger partial charge in [-0.1, -0.05) is 18.2 Å². The number of carbonyl (C=O) groups is 2. The second-order valence-electron chi connectivity index (χ2n) is 8.35. The molecule has 4 rings (SSSR count). The predicted octanol–water partition coefficient (Wildman–Crippen LogP) is 1.77. The van der Waals surface area contributed by atoms with Gasteiger partial charge in [0.1, 0.15) is 17.0 Å². The fraction of sp³-hybridized carbons (Fsp3) is 0.292. The number of esters is 1. The molecule has 3 aromatic rings. The average Bonchev–Trinajstić information content (AvgIpc) is 3.48. The molecule has 190 valence electrons. The van der Waals surface area contributed by atoms with Crippen molar-refractivity contribution in [3.63, 3.8) is 0 Å². The number of nitrogens with one attached hydrogen (secondary N) is 1. The van der Waals surface area contributed by atoms with E-state index < -0.39 is 39.8 Å². The number of benzene rings is 2. The van der Waals surface area contributed by atoms with E-state index in [9.17, 15) is 27.9 Å². The van der Waals surface area contributed by atoms with E-state index in [1.165, 1.54) is 15.1 Å². The number of hydrogen-bond donors (Lipinski definition) is 2. The summed E-state index contributed by atoms with van der Waals surface area (Å²) in [6, 6.07) is 12.2. The molecule has 11 nitrogen and oxygen atoms in total. The molecule has 0 aliphatic carbocycles.